The summed E-state index contributed by atoms with van der Waals surface area (Å²) >= 11 is 0. The first-order valence-corrected chi connectivity index (χ1v) is 13.5. The smallest absolute Gasteiger partial charge is 0.256 e. The summed E-state index contributed by atoms with van der Waals surface area (Å²) in [7, 11) is 0. The van der Waals surface area contributed by atoms with E-state index in [-0.39, 0.29) is 16.9 Å². The predicted molar refractivity (Wildman–Crippen MR) is 152 cm³/mol. The lowest BCUT2D eigenvalue weighted by Crippen LogP contribution is -2.31. The molecule has 0 radical (unpaired) electrons. The summed E-state index contributed by atoms with van der Waals surface area (Å²) in [5.41, 5.74) is 2.19. The Balaban J connectivity index is 1.59. The normalized spacial score (nSPS) is 12.7. The van der Waals surface area contributed by atoms with E-state index in [2.05, 4.69) is 49.6 Å². The number of amides is 1. The second-order valence-electron chi connectivity index (χ2n) is 10.1. The van der Waals surface area contributed by atoms with Gasteiger partial charge in [-0.2, -0.15) is 0 Å². The van der Waals surface area contributed by atoms with Crippen LogP contribution in [0, 0.1) is 5.92 Å². The highest BCUT2D eigenvalue weighted by molar-refractivity contribution is 6.01. The van der Waals surface area contributed by atoms with Crippen molar-refractivity contribution in [2.45, 2.75) is 52.9 Å². The van der Waals surface area contributed by atoms with E-state index in [1.807, 2.05) is 28.8 Å². The van der Waals surface area contributed by atoms with Crippen molar-refractivity contribution in [3.63, 3.8) is 0 Å². The Bertz CT molecular complexity index is 1520. The average Bonchev–Trinajstić information content (AvgIpc) is 2.91. The van der Waals surface area contributed by atoms with Crippen LogP contribution in [-0.2, 0) is 0 Å². The second-order valence-corrected chi connectivity index (χ2v) is 10.1. The first-order chi connectivity index (χ1) is 18.0. The van der Waals surface area contributed by atoms with Gasteiger partial charge in [-0.3, -0.25) is 9.59 Å². The van der Waals surface area contributed by atoms with Crippen LogP contribution in [0.4, 0.5) is 5.69 Å². The summed E-state index contributed by atoms with van der Waals surface area (Å²) in [4.78, 5) is 26.8. The van der Waals surface area contributed by atoms with E-state index in [9.17, 15) is 9.59 Å². The van der Waals surface area contributed by atoms with Crippen LogP contribution in [0.5, 0.6) is 11.5 Å². The number of nitrogens with one attached hydrogen (secondary N) is 2. The number of fused-ring (bicyclic) bond motifs is 3. The fraction of sp³-hybridized carbons (Fsp3) is 0.355. The third-order valence-corrected chi connectivity index (χ3v) is 7.20. The summed E-state index contributed by atoms with van der Waals surface area (Å²) in [6, 6.07) is 15.9. The summed E-state index contributed by atoms with van der Waals surface area (Å²) in [5.74, 6) is 1.51. The topological polar surface area (TPSA) is 72.4 Å². The van der Waals surface area contributed by atoms with Gasteiger partial charge in [0.25, 0.3) is 5.91 Å². The first-order valence-electron chi connectivity index (χ1n) is 13.5. The van der Waals surface area contributed by atoms with E-state index in [1.54, 1.807) is 12.3 Å². The van der Waals surface area contributed by atoms with Crippen molar-refractivity contribution >= 4 is 33.3 Å². The summed E-state index contributed by atoms with van der Waals surface area (Å²) in [6.45, 7) is 7.84. The highest BCUT2D eigenvalue weighted by Crippen LogP contribution is 2.45. The number of carbonyl (C=O) groups excluding carboxylic acids is 1. The Morgan fingerprint density at radius 2 is 1.78 bits per heavy atom. The molecule has 6 nitrogen and oxygen atoms in total. The minimum Gasteiger partial charge on any atom is -0.451 e. The van der Waals surface area contributed by atoms with Crippen molar-refractivity contribution in [3.8, 4) is 17.2 Å². The molecule has 1 aromatic heterocycles. The van der Waals surface area contributed by atoms with Gasteiger partial charge in [0.15, 0.2) is 11.5 Å². The van der Waals surface area contributed by atoms with Crippen LogP contribution in [0.2, 0.25) is 0 Å². The van der Waals surface area contributed by atoms with Crippen LogP contribution in [0.1, 0.15) is 63.2 Å². The number of pyridine rings is 1. The Morgan fingerprint density at radius 1 is 1.00 bits per heavy atom. The molecule has 0 aliphatic carbocycles. The van der Waals surface area contributed by atoms with Gasteiger partial charge in [-0.05, 0) is 53.8 Å². The predicted octanol–water partition coefficient (Wildman–Crippen LogP) is 7.02. The SMILES string of the molecule is CCCCC(C)CCNC(=O)c1cn2c3c(c(NCCC)ccc3c1=O)Oc1cc3ccccc3cc1-2. The Morgan fingerprint density at radius 3 is 2.54 bits per heavy atom. The summed E-state index contributed by atoms with van der Waals surface area (Å²) in [6.07, 6.45) is 7.05. The molecule has 192 valence electrons. The molecule has 1 aliphatic rings. The average molecular weight is 498 g/mol. The molecule has 3 aromatic carbocycles. The lowest BCUT2D eigenvalue weighted by molar-refractivity contribution is 0.0950. The molecule has 2 N–H and O–H groups in total. The van der Waals surface area contributed by atoms with E-state index in [1.165, 1.54) is 12.8 Å². The Kier molecular flexibility index (Phi) is 7.17. The van der Waals surface area contributed by atoms with Crippen molar-refractivity contribution in [1.82, 2.24) is 9.88 Å². The molecule has 1 unspecified atom stereocenters. The van der Waals surface area contributed by atoms with Gasteiger partial charge in [-0.15, -0.1) is 0 Å². The van der Waals surface area contributed by atoms with Crippen molar-refractivity contribution in [1.29, 1.82) is 0 Å². The van der Waals surface area contributed by atoms with Crippen LogP contribution in [0.15, 0.2) is 59.5 Å². The fourth-order valence-electron chi connectivity index (χ4n) is 5.06. The van der Waals surface area contributed by atoms with Gasteiger partial charge in [0, 0.05) is 19.3 Å². The van der Waals surface area contributed by atoms with Gasteiger partial charge >= 0.3 is 0 Å². The van der Waals surface area contributed by atoms with Gasteiger partial charge in [-0.1, -0.05) is 64.3 Å². The minimum absolute atomic E-state index is 0.148. The highest BCUT2D eigenvalue weighted by atomic mass is 16.5. The molecule has 0 fully saturated rings. The summed E-state index contributed by atoms with van der Waals surface area (Å²) < 4.78 is 8.39. The van der Waals surface area contributed by atoms with E-state index < -0.39 is 0 Å². The fourth-order valence-corrected chi connectivity index (χ4v) is 5.06. The quantitative estimate of drug-likeness (QED) is 0.217. The number of hydrogen-bond acceptors (Lipinski definition) is 4. The number of anilines is 1. The van der Waals surface area contributed by atoms with Gasteiger partial charge in [0.2, 0.25) is 5.43 Å². The molecule has 5 rings (SSSR count). The molecule has 0 bridgehead atoms. The zero-order chi connectivity index (χ0) is 25.9. The van der Waals surface area contributed by atoms with E-state index in [0.29, 0.717) is 34.9 Å². The van der Waals surface area contributed by atoms with Gasteiger partial charge in [0.1, 0.15) is 11.1 Å². The molecule has 2 heterocycles. The first kappa shape index (κ1) is 24.9. The van der Waals surface area contributed by atoms with Crippen LogP contribution >= 0.6 is 0 Å². The number of carbonyl (C=O) groups is 1. The molecule has 1 aliphatic heterocycles. The molecule has 4 aromatic rings. The lowest BCUT2D eigenvalue weighted by Gasteiger charge is -2.26. The summed E-state index contributed by atoms with van der Waals surface area (Å²) in [5, 5.41) is 9.02. The Hall–Kier alpha value is -3.80. The maximum absolute atomic E-state index is 13.6. The second kappa shape index (κ2) is 10.7. The molecule has 1 atom stereocenters. The van der Waals surface area contributed by atoms with Crippen molar-refractivity contribution in [2.75, 3.05) is 18.4 Å². The number of benzene rings is 3. The van der Waals surface area contributed by atoms with Crippen molar-refractivity contribution in [2.24, 2.45) is 5.92 Å². The zero-order valence-electron chi connectivity index (χ0n) is 21.9. The van der Waals surface area contributed by atoms with E-state index in [0.717, 1.165) is 48.0 Å². The number of ether oxygens (including phenoxy) is 1. The molecular formula is C31H35N3O3. The molecule has 0 saturated carbocycles. The van der Waals surface area contributed by atoms with Gasteiger partial charge < -0.3 is 19.9 Å². The maximum atomic E-state index is 13.6. The van der Waals surface area contributed by atoms with E-state index >= 15 is 0 Å². The van der Waals surface area contributed by atoms with E-state index in [4.69, 9.17) is 4.74 Å². The zero-order valence-corrected chi connectivity index (χ0v) is 21.9. The number of rotatable bonds is 10. The molecule has 37 heavy (non-hydrogen) atoms. The number of unbranched alkanes of at least 4 members (excludes halogenated alkanes) is 1. The third kappa shape index (κ3) is 4.80. The molecule has 6 heteroatoms. The highest BCUT2D eigenvalue weighted by Gasteiger charge is 2.26. The minimum atomic E-state index is -0.332. The molecule has 1 amide bonds. The van der Waals surface area contributed by atoms with Gasteiger partial charge in [0.05, 0.1) is 16.8 Å². The van der Waals surface area contributed by atoms with Crippen molar-refractivity contribution in [3.05, 3.63) is 70.5 Å². The Labute approximate surface area is 217 Å². The number of aromatic nitrogens is 1. The third-order valence-electron chi connectivity index (χ3n) is 7.20. The van der Waals surface area contributed by atoms with Crippen LogP contribution < -0.4 is 20.8 Å². The van der Waals surface area contributed by atoms with Crippen LogP contribution in [0.25, 0.3) is 27.4 Å². The van der Waals surface area contributed by atoms with Crippen LogP contribution in [0.3, 0.4) is 0 Å². The lowest BCUT2D eigenvalue weighted by atomic mass is 10.0. The van der Waals surface area contributed by atoms with Crippen molar-refractivity contribution < 1.29 is 9.53 Å². The number of nitrogens with zero attached hydrogens (tertiary/aromatic N) is 1. The monoisotopic (exact) mass is 497 g/mol. The van der Waals surface area contributed by atoms with Crippen LogP contribution in [-0.4, -0.2) is 23.6 Å². The number of hydrogen-bond donors (Lipinski definition) is 2. The largest absolute Gasteiger partial charge is 0.451 e. The standard InChI is InChI=1S/C31H35N3O3/c1-4-6-9-20(3)14-16-33-31(36)24-19-34-26-17-21-10-7-8-11-22(21)18-27(26)37-30-25(32-15-5-2)13-12-23(28(30)34)29(24)35/h7-8,10-13,17-20,32H,4-6,9,14-16H2,1-3H3,(H,33,36). The maximum Gasteiger partial charge on any atom is 0.256 e. The molecule has 0 saturated heterocycles. The molecular weight excluding hydrogens is 462 g/mol. The molecule has 0 spiro atoms. The van der Waals surface area contributed by atoms with Gasteiger partial charge in [-0.25, -0.2) is 0 Å².